The molecule has 0 aliphatic rings. The summed E-state index contributed by atoms with van der Waals surface area (Å²) in [6, 6.07) is 8.82. The number of nitrogens with zero attached hydrogens (tertiary/aromatic N) is 2. The molecule has 2 rings (SSSR count). The fourth-order valence-electron chi connectivity index (χ4n) is 2.03. The minimum atomic E-state index is -4.69. The van der Waals surface area contributed by atoms with Crippen LogP contribution in [0.5, 0.6) is 0 Å². The molecule has 1 aromatic heterocycles. The molecular weight excluding hydrogens is 257 g/mol. The van der Waals surface area contributed by atoms with Gasteiger partial charge in [0.1, 0.15) is 0 Å². The number of rotatable bonds is 2. The Bertz CT molecular complexity index is 576. The van der Waals surface area contributed by atoms with E-state index in [0.717, 1.165) is 0 Å². The molecule has 0 fully saturated rings. The van der Waals surface area contributed by atoms with Gasteiger partial charge in [0.05, 0.1) is 11.4 Å². The number of benzene rings is 1. The van der Waals surface area contributed by atoms with Crippen molar-refractivity contribution in [3.63, 3.8) is 0 Å². The number of aromatic nitrogens is 2. The molecule has 3 nitrogen and oxygen atoms in total. The van der Waals surface area contributed by atoms with Gasteiger partial charge in [-0.05, 0) is 26.0 Å². The maximum atomic E-state index is 12.6. The van der Waals surface area contributed by atoms with Crippen molar-refractivity contribution in [3.05, 3.63) is 47.3 Å². The molecule has 0 saturated heterocycles. The fraction of sp³-hybridized carbons (Fsp3) is 0.308. The molecule has 1 aromatic carbocycles. The van der Waals surface area contributed by atoms with Gasteiger partial charge in [-0.2, -0.15) is 18.3 Å². The Labute approximate surface area is 108 Å². The van der Waals surface area contributed by atoms with Gasteiger partial charge in [0.15, 0.2) is 6.10 Å². The van der Waals surface area contributed by atoms with Crippen molar-refractivity contribution in [3.8, 4) is 5.69 Å². The lowest BCUT2D eigenvalue weighted by Gasteiger charge is -2.15. The van der Waals surface area contributed by atoms with E-state index < -0.39 is 12.3 Å². The van der Waals surface area contributed by atoms with Crippen LogP contribution < -0.4 is 0 Å². The summed E-state index contributed by atoms with van der Waals surface area (Å²) in [6.07, 6.45) is -7.20. The Morgan fingerprint density at radius 3 is 2.26 bits per heavy atom. The van der Waals surface area contributed by atoms with Crippen molar-refractivity contribution in [1.29, 1.82) is 0 Å². The topological polar surface area (TPSA) is 38.0 Å². The summed E-state index contributed by atoms with van der Waals surface area (Å²) < 4.78 is 39.3. The van der Waals surface area contributed by atoms with E-state index in [4.69, 9.17) is 0 Å². The first-order chi connectivity index (χ1) is 8.82. The third-order valence-electron chi connectivity index (χ3n) is 2.93. The van der Waals surface area contributed by atoms with Gasteiger partial charge in [0.25, 0.3) is 0 Å². The van der Waals surface area contributed by atoms with Gasteiger partial charge in [-0.1, -0.05) is 18.2 Å². The van der Waals surface area contributed by atoms with Gasteiger partial charge in [0, 0.05) is 11.3 Å². The standard InChI is InChI=1S/C13H13F3N2O/c1-8-11(12(19)13(14,15)16)9(2)18(17-8)10-6-4-3-5-7-10/h3-7,12,19H,1-2H3/t12-/m0/s1. The Balaban J connectivity index is 2.53. The largest absolute Gasteiger partial charge is 0.418 e. The van der Waals surface area contributed by atoms with Crippen LogP contribution in [0.3, 0.4) is 0 Å². The van der Waals surface area contributed by atoms with Crippen LogP contribution in [0.1, 0.15) is 23.1 Å². The third-order valence-corrected chi connectivity index (χ3v) is 2.93. The molecule has 0 unspecified atom stereocenters. The lowest BCUT2D eigenvalue weighted by Crippen LogP contribution is -2.21. The molecule has 0 saturated carbocycles. The number of hydrogen-bond donors (Lipinski definition) is 1. The Morgan fingerprint density at radius 1 is 1.16 bits per heavy atom. The highest BCUT2D eigenvalue weighted by Crippen LogP contribution is 2.36. The van der Waals surface area contributed by atoms with Crippen LogP contribution in [0.15, 0.2) is 30.3 Å². The maximum absolute atomic E-state index is 12.6. The van der Waals surface area contributed by atoms with Crippen molar-refractivity contribution in [1.82, 2.24) is 9.78 Å². The first-order valence-electron chi connectivity index (χ1n) is 5.68. The van der Waals surface area contributed by atoms with Crippen molar-refractivity contribution in [2.75, 3.05) is 0 Å². The van der Waals surface area contributed by atoms with Gasteiger partial charge in [-0.15, -0.1) is 0 Å². The molecule has 0 bridgehead atoms. The van der Waals surface area contributed by atoms with Crippen molar-refractivity contribution < 1.29 is 18.3 Å². The molecule has 0 aliphatic carbocycles. The van der Waals surface area contributed by atoms with E-state index >= 15 is 0 Å². The Kier molecular flexibility index (Phi) is 3.36. The summed E-state index contributed by atoms with van der Waals surface area (Å²) in [6.45, 7) is 2.97. The smallest absolute Gasteiger partial charge is 0.379 e. The summed E-state index contributed by atoms with van der Waals surface area (Å²) in [5.41, 5.74) is 0.930. The van der Waals surface area contributed by atoms with Gasteiger partial charge >= 0.3 is 6.18 Å². The Morgan fingerprint density at radius 2 is 1.74 bits per heavy atom. The van der Waals surface area contributed by atoms with Gasteiger partial charge < -0.3 is 5.11 Å². The second-order valence-electron chi connectivity index (χ2n) is 4.28. The Hall–Kier alpha value is -1.82. The predicted octanol–water partition coefficient (Wildman–Crippen LogP) is 3.08. The number of aliphatic hydroxyl groups excluding tert-OH is 1. The van der Waals surface area contributed by atoms with Crippen molar-refractivity contribution in [2.24, 2.45) is 0 Å². The van der Waals surface area contributed by atoms with E-state index in [0.29, 0.717) is 5.69 Å². The third kappa shape index (κ3) is 2.49. The van der Waals surface area contributed by atoms with Crippen LogP contribution in [-0.2, 0) is 0 Å². The lowest BCUT2D eigenvalue weighted by atomic mass is 10.1. The predicted molar refractivity (Wildman–Crippen MR) is 64.1 cm³/mol. The zero-order valence-electron chi connectivity index (χ0n) is 10.4. The lowest BCUT2D eigenvalue weighted by molar-refractivity contribution is -0.207. The molecule has 0 amide bonds. The monoisotopic (exact) mass is 270 g/mol. The first kappa shape index (κ1) is 13.6. The fourth-order valence-corrected chi connectivity index (χ4v) is 2.03. The van der Waals surface area contributed by atoms with E-state index in [2.05, 4.69) is 5.10 Å². The van der Waals surface area contributed by atoms with Crippen molar-refractivity contribution >= 4 is 0 Å². The number of halogens is 3. The summed E-state index contributed by atoms with van der Waals surface area (Å²) in [5, 5.41) is 13.5. The van der Waals surface area contributed by atoms with Gasteiger partial charge in [0.2, 0.25) is 0 Å². The highest BCUT2D eigenvalue weighted by atomic mass is 19.4. The highest BCUT2D eigenvalue weighted by Gasteiger charge is 2.42. The minimum Gasteiger partial charge on any atom is -0.379 e. The average molecular weight is 270 g/mol. The normalized spacial score (nSPS) is 13.6. The van der Waals surface area contributed by atoms with E-state index in [9.17, 15) is 18.3 Å². The molecule has 102 valence electrons. The quantitative estimate of drug-likeness (QED) is 0.910. The van der Waals surface area contributed by atoms with Gasteiger partial charge in [-0.3, -0.25) is 0 Å². The molecule has 2 aromatic rings. The molecule has 19 heavy (non-hydrogen) atoms. The minimum absolute atomic E-state index is 0.172. The molecule has 6 heteroatoms. The number of hydrogen-bond acceptors (Lipinski definition) is 2. The summed E-state index contributed by atoms with van der Waals surface area (Å²) in [5.74, 6) is 0. The van der Waals surface area contributed by atoms with Gasteiger partial charge in [-0.25, -0.2) is 4.68 Å². The molecule has 1 heterocycles. The number of aryl methyl sites for hydroxylation is 1. The van der Waals surface area contributed by atoms with E-state index in [1.807, 2.05) is 0 Å². The molecule has 0 aliphatic heterocycles. The van der Waals surface area contributed by atoms with Crippen LogP contribution in [-0.4, -0.2) is 21.1 Å². The van der Waals surface area contributed by atoms with Crippen LogP contribution in [0.4, 0.5) is 13.2 Å². The van der Waals surface area contributed by atoms with Crippen LogP contribution in [0.2, 0.25) is 0 Å². The van der Waals surface area contributed by atoms with Crippen LogP contribution in [0, 0.1) is 13.8 Å². The zero-order valence-corrected chi connectivity index (χ0v) is 10.4. The SMILES string of the molecule is Cc1nn(-c2ccccc2)c(C)c1[C@H](O)C(F)(F)F. The van der Waals surface area contributed by atoms with E-state index in [1.165, 1.54) is 18.5 Å². The summed E-state index contributed by atoms with van der Waals surface area (Å²) in [4.78, 5) is 0. The molecule has 1 atom stereocenters. The first-order valence-corrected chi connectivity index (χ1v) is 5.68. The number of alkyl halides is 3. The average Bonchev–Trinajstić information content (AvgIpc) is 2.64. The summed E-state index contributed by atoms with van der Waals surface area (Å²) in [7, 11) is 0. The second kappa shape index (κ2) is 4.70. The maximum Gasteiger partial charge on any atom is 0.418 e. The zero-order chi connectivity index (χ0) is 14.2. The molecular formula is C13H13F3N2O. The van der Waals surface area contributed by atoms with E-state index in [-0.39, 0.29) is 17.0 Å². The number of aliphatic hydroxyl groups is 1. The van der Waals surface area contributed by atoms with Crippen LogP contribution >= 0.6 is 0 Å². The highest BCUT2D eigenvalue weighted by molar-refractivity contribution is 5.38. The second-order valence-corrected chi connectivity index (χ2v) is 4.28. The molecule has 0 radical (unpaired) electrons. The molecule has 0 spiro atoms. The molecule has 1 N–H and O–H groups in total. The number of para-hydroxylation sites is 1. The van der Waals surface area contributed by atoms with E-state index in [1.54, 1.807) is 30.3 Å². The van der Waals surface area contributed by atoms with Crippen LogP contribution in [0.25, 0.3) is 5.69 Å². The van der Waals surface area contributed by atoms with Crippen molar-refractivity contribution in [2.45, 2.75) is 26.1 Å². The summed E-state index contributed by atoms with van der Waals surface area (Å²) >= 11 is 0.